The first kappa shape index (κ1) is 10.7. The molecule has 4 heterocycles. The molecule has 2 atom stereocenters. The highest BCUT2D eigenvalue weighted by atomic mass is 32.1. The van der Waals surface area contributed by atoms with Crippen LogP contribution in [0.25, 0.3) is 0 Å². The Morgan fingerprint density at radius 1 is 1.44 bits per heavy atom. The maximum Gasteiger partial charge on any atom is 0.0795 e. The summed E-state index contributed by atoms with van der Waals surface area (Å²) in [4.78, 5) is 9.62. The quantitative estimate of drug-likeness (QED) is 0.799. The van der Waals surface area contributed by atoms with E-state index < -0.39 is 0 Å². The van der Waals surface area contributed by atoms with Gasteiger partial charge in [0.05, 0.1) is 11.2 Å². The van der Waals surface area contributed by atoms with Gasteiger partial charge in [0.15, 0.2) is 0 Å². The highest BCUT2D eigenvalue weighted by molar-refractivity contribution is 7.07. The number of hydrogen-bond donors (Lipinski definition) is 0. The minimum Gasteiger partial charge on any atom is -0.298 e. The van der Waals surface area contributed by atoms with Crippen LogP contribution >= 0.6 is 11.3 Å². The van der Waals surface area contributed by atoms with Crippen LogP contribution in [0.1, 0.15) is 26.0 Å². The Morgan fingerprint density at radius 3 is 2.75 bits per heavy atom. The molecule has 3 nitrogen and oxygen atoms in total. The van der Waals surface area contributed by atoms with Gasteiger partial charge in [0.25, 0.3) is 0 Å². The predicted molar refractivity (Wildman–Crippen MR) is 66.6 cm³/mol. The molecule has 3 saturated heterocycles. The number of piperidine rings is 1. The van der Waals surface area contributed by atoms with Gasteiger partial charge in [-0.3, -0.25) is 9.80 Å². The summed E-state index contributed by atoms with van der Waals surface area (Å²) in [5.74, 6) is 0. The zero-order valence-corrected chi connectivity index (χ0v) is 10.8. The largest absolute Gasteiger partial charge is 0.298 e. The topological polar surface area (TPSA) is 19.4 Å². The molecule has 88 valence electrons. The van der Waals surface area contributed by atoms with Crippen molar-refractivity contribution < 1.29 is 0 Å². The van der Waals surface area contributed by atoms with Gasteiger partial charge in [0, 0.05) is 43.1 Å². The fourth-order valence-electron chi connectivity index (χ4n) is 2.90. The third-order valence-corrected chi connectivity index (χ3v) is 4.57. The minimum atomic E-state index is 0.701. The smallest absolute Gasteiger partial charge is 0.0795 e. The number of piperazine rings is 1. The monoisotopic (exact) mass is 237 g/mol. The molecule has 2 unspecified atom stereocenters. The maximum absolute atomic E-state index is 4.38. The van der Waals surface area contributed by atoms with Crippen LogP contribution in [0.3, 0.4) is 0 Å². The van der Waals surface area contributed by atoms with Crippen LogP contribution in [0.5, 0.6) is 0 Å². The van der Waals surface area contributed by atoms with Crippen molar-refractivity contribution in [2.75, 3.05) is 13.1 Å². The summed E-state index contributed by atoms with van der Waals surface area (Å²) in [5.41, 5.74) is 3.18. The van der Waals surface area contributed by atoms with Crippen molar-refractivity contribution in [3.8, 4) is 0 Å². The summed E-state index contributed by atoms with van der Waals surface area (Å²) < 4.78 is 0. The number of thiazole rings is 1. The molecule has 0 amide bonds. The normalized spacial score (nSPS) is 30.7. The second kappa shape index (κ2) is 4.09. The molecule has 0 aromatic carbocycles. The lowest BCUT2D eigenvalue weighted by molar-refractivity contribution is -0.0840. The molecule has 4 rings (SSSR count). The van der Waals surface area contributed by atoms with E-state index in [4.69, 9.17) is 0 Å². The van der Waals surface area contributed by atoms with Crippen molar-refractivity contribution in [3.05, 3.63) is 16.6 Å². The Morgan fingerprint density at radius 2 is 2.19 bits per heavy atom. The molecule has 3 aliphatic rings. The molecule has 0 radical (unpaired) electrons. The number of fused-ring (bicyclic) bond motifs is 2. The molecule has 1 aromatic rings. The molecule has 0 spiro atoms. The van der Waals surface area contributed by atoms with Crippen molar-refractivity contribution >= 4 is 11.3 Å². The van der Waals surface area contributed by atoms with Crippen LogP contribution < -0.4 is 0 Å². The van der Waals surface area contributed by atoms with Crippen molar-refractivity contribution in [1.82, 2.24) is 14.8 Å². The SMILES string of the molecule is CC(C)N1CC2CC(C1)N2Cc1cscn1. The molecule has 2 bridgehead atoms. The maximum atomic E-state index is 4.38. The van der Waals surface area contributed by atoms with Crippen LogP contribution in [0.2, 0.25) is 0 Å². The van der Waals surface area contributed by atoms with Gasteiger partial charge in [-0.05, 0) is 20.3 Å². The zero-order chi connectivity index (χ0) is 11.1. The van der Waals surface area contributed by atoms with E-state index in [1.165, 1.54) is 25.2 Å². The summed E-state index contributed by atoms with van der Waals surface area (Å²) >= 11 is 1.70. The molecule has 16 heavy (non-hydrogen) atoms. The molecule has 0 saturated carbocycles. The van der Waals surface area contributed by atoms with Crippen LogP contribution in [-0.2, 0) is 6.54 Å². The highest BCUT2D eigenvalue weighted by Gasteiger charge is 2.44. The predicted octanol–water partition coefficient (Wildman–Crippen LogP) is 1.81. The first-order valence-corrected chi connectivity index (χ1v) is 7.05. The molecule has 0 N–H and O–H groups in total. The van der Waals surface area contributed by atoms with Gasteiger partial charge in [-0.15, -0.1) is 11.3 Å². The van der Waals surface area contributed by atoms with E-state index in [0.29, 0.717) is 6.04 Å². The Bertz CT molecular complexity index is 337. The van der Waals surface area contributed by atoms with Gasteiger partial charge in [-0.2, -0.15) is 0 Å². The first-order chi connectivity index (χ1) is 7.74. The molecule has 3 aliphatic heterocycles. The third kappa shape index (κ3) is 1.79. The van der Waals surface area contributed by atoms with Gasteiger partial charge >= 0.3 is 0 Å². The van der Waals surface area contributed by atoms with E-state index in [9.17, 15) is 0 Å². The van der Waals surface area contributed by atoms with E-state index in [2.05, 4.69) is 34.0 Å². The van der Waals surface area contributed by atoms with Gasteiger partial charge < -0.3 is 0 Å². The number of aromatic nitrogens is 1. The lowest BCUT2D eigenvalue weighted by atomic mass is 9.86. The first-order valence-electron chi connectivity index (χ1n) is 6.11. The summed E-state index contributed by atoms with van der Waals surface area (Å²) in [6.45, 7) is 8.16. The fourth-order valence-corrected chi connectivity index (χ4v) is 3.45. The average molecular weight is 237 g/mol. The van der Waals surface area contributed by atoms with E-state index in [1.54, 1.807) is 11.3 Å². The van der Waals surface area contributed by atoms with Crippen molar-refractivity contribution in [1.29, 1.82) is 0 Å². The molecule has 0 aliphatic carbocycles. The molecular formula is C12H19N3S. The number of rotatable bonds is 3. The Kier molecular flexibility index (Phi) is 2.73. The fraction of sp³-hybridized carbons (Fsp3) is 0.750. The minimum absolute atomic E-state index is 0.701. The second-order valence-electron chi connectivity index (χ2n) is 5.24. The second-order valence-corrected chi connectivity index (χ2v) is 5.96. The van der Waals surface area contributed by atoms with Crippen molar-refractivity contribution in [2.24, 2.45) is 0 Å². The molecule has 4 heteroatoms. The highest BCUT2D eigenvalue weighted by Crippen LogP contribution is 2.34. The molecule has 1 aromatic heterocycles. The summed E-state index contributed by atoms with van der Waals surface area (Å²) in [5, 5.41) is 2.17. The lowest BCUT2D eigenvalue weighted by Crippen LogP contribution is -2.68. The van der Waals surface area contributed by atoms with Gasteiger partial charge in [-0.25, -0.2) is 4.98 Å². The average Bonchev–Trinajstić information content (AvgIpc) is 2.78. The zero-order valence-electron chi connectivity index (χ0n) is 9.97. The Hall–Kier alpha value is -0.450. The van der Waals surface area contributed by atoms with E-state index >= 15 is 0 Å². The summed E-state index contributed by atoms with van der Waals surface area (Å²) in [6, 6.07) is 2.26. The lowest BCUT2D eigenvalue weighted by Gasteiger charge is -2.57. The van der Waals surface area contributed by atoms with Crippen LogP contribution in [0.4, 0.5) is 0 Å². The number of hydrogen-bond acceptors (Lipinski definition) is 4. The number of nitrogens with zero attached hydrogens (tertiary/aromatic N) is 3. The summed E-state index contributed by atoms with van der Waals surface area (Å²) in [7, 11) is 0. The molecule has 3 fully saturated rings. The van der Waals surface area contributed by atoms with Crippen LogP contribution in [0.15, 0.2) is 10.9 Å². The van der Waals surface area contributed by atoms with E-state index in [-0.39, 0.29) is 0 Å². The standard InChI is InChI=1S/C12H19N3S/c1-9(2)14-5-11-3-12(6-14)15(11)4-10-7-16-8-13-10/h7-9,11-12H,3-6H2,1-2H3. The van der Waals surface area contributed by atoms with Crippen molar-refractivity contribution in [3.63, 3.8) is 0 Å². The Labute approximate surface area is 101 Å². The van der Waals surface area contributed by atoms with Gasteiger partial charge in [-0.1, -0.05) is 0 Å². The third-order valence-electron chi connectivity index (χ3n) is 3.93. The van der Waals surface area contributed by atoms with Crippen LogP contribution in [-0.4, -0.2) is 46.0 Å². The van der Waals surface area contributed by atoms with Gasteiger partial charge in [0.2, 0.25) is 0 Å². The summed E-state index contributed by atoms with van der Waals surface area (Å²) in [6.07, 6.45) is 1.40. The van der Waals surface area contributed by atoms with E-state index in [0.717, 1.165) is 18.6 Å². The Balaban J connectivity index is 1.61. The molecular weight excluding hydrogens is 218 g/mol. The van der Waals surface area contributed by atoms with Crippen molar-refractivity contribution in [2.45, 2.75) is 44.9 Å². The van der Waals surface area contributed by atoms with Crippen LogP contribution in [0, 0.1) is 0 Å². The van der Waals surface area contributed by atoms with E-state index in [1.807, 2.05) is 5.51 Å². The van der Waals surface area contributed by atoms with Gasteiger partial charge in [0.1, 0.15) is 0 Å².